The summed E-state index contributed by atoms with van der Waals surface area (Å²) < 4.78 is 10.4. The number of imidazole rings is 1. The lowest BCUT2D eigenvalue weighted by Gasteiger charge is -2.44. The fourth-order valence-electron chi connectivity index (χ4n) is 7.86. The molecule has 1 unspecified atom stereocenters. The Labute approximate surface area is 273 Å². The zero-order chi connectivity index (χ0) is 32.5. The fraction of sp³-hybridized carbons (Fsp3) is 0.447. The number of amides is 2. The Hall–Kier alpha value is -3.75. The van der Waals surface area contributed by atoms with Gasteiger partial charge in [-0.1, -0.05) is 100 Å². The Morgan fingerprint density at radius 1 is 0.804 bits per heavy atom. The lowest BCUT2D eigenvalue weighted by atomic mass is 9.80. The second-order valence-electron chi connectivity index (χ2n) is 14.4. The number of nitrogens with one attached hydrogen (secondary N) is 1. The van der Waals surface area contributed by atoms with Gasteiger partial charge in [-0.15, -0.1) is 0 Å². The summed E-state index contributed by atoms with van der Waals surface area (Å²) in [6.07, 6.45) is 7.46. The molecule has 2 heterocycles. The van der Waals surface area contributed by atoms with Crippen molar-refractivity contribution in [1.29, 1.82) is 0 Å². The van der Waals surface area contributed by atoms with Gasteiger partial charge in [-0.25, -0.2) is 4.79 Å². The minimum Gasteiger partial charge on any atom is -0.407 e. The number of aromatic nitrogens is 2. The molecule has 1 aliphatic heterocycles. The molecule has 1 saturated heterocycles. The summed E-state index contributed by atoms with van der Waals surface area (Å²) in [5.41, 5.74) is 2.56. The Morgan fingerprint density at radius 3 is 2.00 bits per heavy atom. The summed E-state index contributed by atoms with van der Waals surface area (Å²) in [7, 11) is -0.764. The van der Waals surface area contributed by atoms with Crippen molar-refractivity contribution in [1.82, 2.24) is 14.5 Å². The van der Waals surface area contributed by atoms with E-state index in [1.807, 2.05) is 6.07 Å². The molecule has 6 rings (SSSR count). The van der Waals surface area contributed by atoms with Crippen LogP contribution < -0.4 is 21.4 Å². The molecule has 1 aromatic heterocycles. The van der Waals surface area contributed by atoms with Crippen molar-refractivity contribution in [2.75, 3.05) is 6.61 Å². The Morgan fingerprint density at radius 2 is 1.41 bits per heavy atom. The van der Waals surface area contributed by atoms with E-state index >= 15 is 0 Å². The van der Waals surface area contributed by atoms with E-state index in [2.05, 4.69) is 98.9 Å². The summed E-state index contributed by atoms with van der Waals surface area (Å²) in [5, 5.41) is 5.04. The van der Waals surface area contributed by atoms with Crippen molar-refractivity contribution in [2.45, 2.75) is 83.2 Å². The standard InChI is InChI=1S/C38H47N3O4Si/c1-38(2,3)46(30-11-7-5-8-12-30,31-13-9-6-10-14-31)45-26-29-19-16-27(17-20-29)15-18-28-21-22-32-34(25-28)40(4)37(44)41(32)33-23-24-35(42)39-36(33)43/h5-14,21-22,25,27,29,33H,15-20,23-24,26H2,1-4H3,(H,39,42,43). The van der Waals surface area contributed by atoms with Crippen LogP contribution in [0.1, 0.15) is 77.3 Å². The highest BCUT2D eigenvalue weighted by Gasteiger charge is 2.50. The van der Waals surface area contributed by atoms with Crippen molar-refractivity contribution >= 4 is 41.5 Å². The third-order valence-corrected chi connectivity index (χ3v) is 15.4. The average Bonchev–Trinajstić information content (AvgIpc) is 3.30. The first-order chi connectivity index (χ1) is 22.1. The van der Waals surface area contributed by atoms with Gasteiger partial charge in [-0.3, -0.25) is 24.0 Å². The van der Waals surface area contributed by atoms with Crippen LogP contribution in [0.4, 0.5) is 0 Å². The predicted octanol–water partition coefficient (Wildman–Crippen LogP) is 5.63. The first kappa shape index (κ1) is 32.2. The number of piperidine rings is 1. The molecule has 8 heteroatoms. The molecule has 1 N–H and O–H groups in total. The summed E-state index contributed by atoms with van der Waals surface area (Å²) >= 11 is 0. The number of aryl methyl sites for hydroxylation is 2. The van der Waals surface area contributed by atoms with Crippen LogP contribution in [0.3, 0.4) is 0 Å². The Bertz CT molecular complexity index is 1710. The number of fused-ring (bicyclic) bond motifs is 1. The number of imide groups is 1. The van der Waals surface area contributed by atoms with E-state index in [0.717, 1.165) is 30.5 Å². The molecule has 4 aromatic rings. The first-order valence-electron chi connectivity index (χ1n) is 16.9. The monoisotopic (exact) mass is 637 g/mol. The third kappa shape index (κ3) is 6.17. The minimum atomic E-state index is -2.52. The van der Waals surface area contributed by atoms with E-state index in [-0.39, 0.29) is 23.1 Å². The van der Waals surface area contributed by atoms with Crippen molar-refractivity contribution < 1.29 is 14.0 Å². The largest absolute Gasteiger partial charge is 0.407 e. The predicted molar refractivity (Wildman–Crippen MR) is 186 cm³/mol. The SMILES string of the molecule is Cn1c(=O)n(C2CCC(=O)NC2=O)c2ccc(CCC3CCC(CO[Si](c4ccccc4)(c4ccccc4)C(C)(C)C)CC3)cc21. The number of carbonyl (C=O) groups is 2. The maximum absolute atomic E-state index is 13.1. The molecule has 3 aromatic carbocycles. The van der Waals surface area contributed by atoms with Crippen LogP contribution in [0.25, 0.3) is 11.0 Å². The number of hydrogen-bond donors (Lipinski definition) is 1. The van der Waals surface area contributed by atoms with Gasteiger partial charge >= 0.3 is 5.69 Å². The Kier molecular flexibility index (Phi) is 9.21. The van der Waals surface area contributed by atoms with E-state index in [1.54, 1.807) is 16.2 Å². The molecule has 1 aliphatic carbocycles. The van der Waals surface area contributed by atoms with Crippen LogP contribution in [-0.4, -0.2) is 35.9 Å². The molecule has 7 nitrogen and oxygen atoms in total. The van der Waals surface area contributed by atoms with Crippen LogP contribution in [0.5, 0.6) is 0 Å². The van der Waals surface area contributed by atoms with Gasteiger partial charge in [0.25, 0.3) is 8.32 Å². The molecule has 1 saturated carbocycles. The van der Waals surface area contributed by atoms with Crippen LogP contribution in [0, 0.1) is 11.8 Å². The van der Waals surface area contributed by atoms with Gasteiger partial charge in [-0.05, 0) is 77.0 Å². The highest BCUT2D eigenvalue weighted by molar-refractivity contribution is 6.99. The molecule has 0 radical (unpaired) electrons. The second kappa shape index (κ2) is 13.2. The highest BCUT2D eigenvalue weighted by Crippen LogP contribution is 2.39. The van der Waals surface area contributed by atoms with Gasteiger partial charge < -0.3 is 4.43 Å². The maximum Gasteiger partial charge on any atom is 0.329 e. The zero-order valence-electron chi connectivity index (χ0n) is 27.6. The molecule has 46 heavy (non-hydrogen) atoms. The second-order valence-corrected chi connectivity index (χ2v) is 18.7. The number of carbonyl (C=O) groups excluding carboxylic acids is 2. The lowest BCUT2D eigenvalue weighted by molar-refractivity contribution is -0.135. The normalized spacial score (nSPS) is 21.0. The molecule has 2 fully saturated rings. The van der Waals surface area contributed by atoms with Gasteiger partial charge in [0.05, 0.1) is 11.0 Å². The van der Waals surface area contributed by atoms with Gasteiger partial charge in [0, 0.05) is 20.1 Å². The summed E-state index contributed by atoms with van der Waals surface area (Å²) in [5.74, 6) is 0.563. The molecule has 0 bridgehead atoms. The van der Waals surface area contributed by atoms with E-state index in [9.17, 15) is 14.4 Å². The Balaban J connectivity index is 1.09. The number of benzene rings is 3. The van der Waals surface area contributed by atoms with Crippen molar-refractivity contribution in [3.8, 4) is 0 Å². The third-order valence-electron chi connectivity index (χ3n) is 10.4. The number of rotatable bonds is 9. The first-order valence-corrected chi connectivity index (χ1v) is 18.8. The average molecular weight is 638 g/mol. The molecule has 1 atom stereocenters. The van der Waals surface area contributed by atoms with Crippen molar-refractivity contribution in [3.05, 3.63) is 94.9 Å². The topological polar surface area (TPSA) is 82.3 Å². The van der Waals surface area contributed by atoms with E-state index in [0.29, 0.717) is 18.3 Å². The van der Waals surface area contributed by atoms with Crippen LogP contribution in [0.2, 0.25) is 5.04 Å². The van der Waals surface area contributed by atoms with Gasteiger partial charge in [-0.2, -0.15) is 0 Å². The fourth-order valence-corrected chi connectivity index (χ4v) is 12.5. The number of hydrogen-bond acceptors (Lipinski definition) is 4. The quantitative estimate of drug-likeness (QED) is 0.191. The molecule has 2 aliphatic rings. The highest BCUT2D eigenvalue weighted by atomic mass is 28.4. The van der Waals surface area contributed by atoms with E-state index < -0.39 is 20.3 Å². The summed E-state index contributed by atoms with van der Waals surface area (Å²) in [6.45, 7) is 7.83. The van der Waals surface area contributed by atoms with Gasteiger partial charge in [0.1, 0.15) is 6.04 Å². The van der Waals surface area contributed by atoms with Crippen LogP contribution in [-0.2, 0) is 27.5 Å². The summed E-state index contributed by atoms with van der Waals surface area (Å²) in [4.78, 5) is 37.3. The van der Waals surface area contributed by atoms with Gasteiger partial charge in [0.2, 0.25) is 11.8 Å². The lowest BCUT2D eigenvalue weighted by Crippen LogP contribution is -2.66. The van der Waals surface area contributed by atoms with Gasteiger partial charge in [0.15, 0.2) is 0 Å². The van der Waals surface area contributed by atoms with Crippen LogP contribution >= 0.6 is 0 Å². The smallest absolute Gasteiger partial charge is 0.329 e. The van der Waals surface area contributed by atoms with Crippen molar-refractivity contribution in [3.63, 3.8) is 0 Å². The maximum atomic E-state index is 13.1. The minimum absolute atomic E-state index is 0.0135. The molecule has 2 amide bonds. The van der Waals surface area contributed by atoms with E-state index in [1.165, 1.54) is 41.6 Å². The molecular formula is C38H47N3O4Si. The zero-order valence-corrected chi connectivity index (χ0v) is 28.6. The van der Waals surface area contributed by atoms with E-state index in [4.69, 9.17) is 4.43 Å². The molecule has 0 spiro atoms. The van der Waals surface area contributed by atoms with Crippen molar-refractivity contribution in [2.24, 2.45) is 18.9 Å². The molecule has 242 valence electrons. The molecular weight excluding hydrogens is 591 g/mol. The van der Waals surface area contributed by atoms with Crippen LogP contribution in [0.15, 0.2) is 83.7 Å². The number of nitrogens with zero attached hydrogens (tertiary/aromatic N) is 2. The summed E-state index contributed by atoms with van der Waals surface area (Å²) in [6, 6.07) is 27.3.